The van der Waals surface area contributed by atoms with Crippen LogP contribution < -0.4 is 5.32 Å². The molecule has 7 heteroatoms. The van der Waals surface area contributed by atoms with E-state index in [1.165, 1.54) is 11.8 Å². The monoisotopic (exact) mass is 333 g/mol. The Kier molecular flexibility index (Phi) is 7.87. The number of amides is 1. The number of hydrogen-bond donors (Lipinski definition) is 2. The number of halogens is 1. The van der Waals surface area contributed by atoms with Crippen molar-refractivity contribution in [2.45, 2.75) is 11.8 Å². The SMILES string of the molecule is CCSc1ccc(Cl)cc1C(=O)NCCSCC(=O)O. The average Bonchev–Trinajstić information content (AvgIpc) is 2.40. The molecule has 1 aromatic carbocycles. The number of benzene rings is 1. The van der Waals surface area contributed by atoms with Crippen LogP contribution in [-0.4, -0.2) is 40.8 Å². The topological polar surface area (TPSA) is 66.4 Å². The van der Waals surface area contributed by atoms with Crippen LogP contribution in [0.3, 0.4) is 0 Å². The molecular formula is C13H16ClNO3S2. The van der Waals surface area contributed by atoms with Crippen LogP contribution >= 0.6 is 35.1 Å². The first kappa shape index (κ1) is 17.2. The second kappa shape index (κ2) is 9.15. The Hall–Kier alpha value is -0.850. The van der Waals surface area contributed by atoms with Gasteiger partial charge in [0.25, 0.3) is 5.91 Å². The maximum Gasteiger partial charge on any atom is 0.313 e. The highest BCUT2D eigenvalue weighted by molar-refractivity contribution is 8.00. The van der Waals surface area contributed by atoms with Crippen molar-refractivity contribution in [3.8, 4) is 0 Å². The molecule has 0 spiro atoms. The lowest BCUT2D eigenvalue weighted by Crippen LogP contribution is -2.26. The van der Waals surface area contributed by atoms with Gasteiger partial charge in [0.05, 0.1) is 11.3 Å². The summed E-state index contributed by atoms with van der Waals surface area (Å²) in [6.45, 7) is 2.45. The predicted octanol–water partition coefficient (Wildman–Crippen LogP) is 3.00. The second-order valence-electron chi connectivity index (χ2n) is 3.78. The van der Waals surface area contributed by atoms with E-state index in [4.69, 9.17) is 16.7 Å². The summed E-state index contributed by atoms with van der Waals surface area (Å²) in [5, 5.41) is 11.8. The Bertz CT molecular complexity index is 483. The van der Waals surface area contributed by atoms with E-state index >= 15 is 0 Å². The van der Waals surface area contributed by atoms with Gasteiger partial charge >= 0.3 is 5.97 Å². The normalized spacial score (nSPS) is 10.3. The van der Waals surface area contributed by atoms with Crippen LogP contribution in [0.25, 0.3) is 0 Å². The molecule has 0 aliphatic heterocycles. The molecule has 4 nitrogen and oxygen atoms in total. The quantitative estimate of drug-likeness (QED) is 0.565. The molecule has 1 amide bonds. The molecular weight excluding hydrogens is 318 g/mol. The lowest BCUT2D eigenvalue weighted by Gasteiger charge is -2.09. The predicted molar refractivity (Wildman–Crippen MR) is 85.1 cm³/mol. The number of thioether (sulfide) groups is 2. The van der Waals surface area contributed by atoms with E-state index in [1.54, 1.807) is 23.9 Å². The fourth-order valence-corrected chi connectivity index (χ4v) is 2.97. The molecule has 0 bridgehead atoms. The van der Waals surface area contributed by atoms with Crippen LogP contribution in [0.1, 0.15) is 17.3 Å². The van der Waals surface area contributed by atoms with Gasteiger partial charge in [0, 0.05) is 22.2 Å². The van der Waals surface area contributed by atoms with Crippen LogP contribution in [0, 0.1) is 0 Å². The third kappa shape index (κ3) is 6.07. The van der Waals surface area contributed by atoms with Gasteiger partial charge in [0.1, 0.15) is 0 Å². The molecule has 1 rings (SSSR count). The van der Waals surface area contributed by atoms with Crippen LogP contribution in [-0.2, 0) is 4.79 Å². The molecule has 110 valence electrons. The van der Waals surface area contributed by atoms with Crippen LogP contribution in [0.15, 0.2) is 23.1 Å². The molecule has 2 N–H and O–H groups in total. The Labute approximate surface area is 131 Å². The Morgan fingerprint density at radius 3 is 2.80 bits per heavy atom. The molecule has 0 saturated carbocycles. The van der Waals surface area contributed by atoms with Crippen molar-refractivity contribution in [2.24, 2.45) is 0 Å². The number of rotatable bonds is 8. The molecule has 1 aromatic rings. The van der Waals surface area contributed by atoms with E-state index in [0.29, 0.717) is 22.9 Å². The van der Waals surface area contributed by atoms with Crippen molar-refractivity contribution in [1.29, 1.82) is 0 Å². The molecule has 0 aromatic heterocycles. The van der Waals surface area contributed by atoms with Gasteiger partial charge in [-0.3, -0.25) is 9.59 Å². The molecule has 20 heavy (non-hydrogen) atoms. The van der Waals surface area contributed by atoms with Gasteiger partial charge in [-0.05, 0) is 24.0 Å². The summed E-state index contributed by atoms with van der Waals surface area (Å²) in [5.74, 6) is 0.451. The van der Waals surface area contributed by atoms with Crippen molar-refractivity contribution >= 4 is 47.0 Å². The lowest BCUT2D eigenvalue weighted by molar-refractivity contribution is -0.133. The Balaban J connectivity index is 2.53. The van der Waals surface area contributed by atoms with Gasteiger partial charge in [-0.25, -0.2) is 0 Å². The summed E-state index contributed by atoms with van der Waals surface area (Å²) in [7, 11) is 0. The number of carbonyl (C=O) groups excluding carboxylic acids is 1. The van der Waals surface area contributed by atoms with Crippen molar-refractivity contribution in [3.63, 3.8) is 0 Å². The van der Waals surface area contributed by atoms with Gasteiger partial charge in [-0.15, -0.1) is 23.5 Å². The van der Waals surface area contributed by atoms with Crippen LogP contribution in [0.2, 0.25) is 5.02 Å². The molecule has 0 radical (unpaired) electrons. The number of nitrogens with one attached hydrogen (secondary N) is 1. The summed E-state index contributed by atoms with van der Waals surface area (Å²) >= 11 is 8.78. The van der Waals surface area contributed by atoms with E-state index in [9.17, 15) is 9.59 Å². The van der Waals surface area contributed by atoms with Gasteiger partial charge in [0.15, 0.2) is 0 Å². The summed E-state index contributed by atoms with van der Waals surface area (Å²) in [4.78, 5) is 23.3. The van der Waals surface area contributed by atoms with Gasteiger partial charge in [-0.2, -0.15) is 0 Å². The smallest absolute Gasteiger partial charge is 0.313 e. The third-order valence-electron chi connectivity index (χ3n) is 2.24. The van der Waals surface area contributed by atoms with E-state index in [2.05, 4.69) is 5.32 Å². The lowest BCUT2D eigenvalue weighted by atomic mass is 10.2. The van der Waals surface area contributed by atoms with Gasteiger partial charge in [0.2, 0.25) is 0 Å². The zero-order chi connectivity index (χ0) is 15.0. The van der Waals surface area contributed by atoms with Gasteiger partial charge < -0.3 is 10.4 Å². The third-order valence-corrected chi connectivity index (χ3v) is 4.38. The van der Waals surface area contributed by atoms with Crippen molar-refractivity contribution in [3.05, 3.63) is 28.8 Å². The van der Waals surface area contributed by atoms with E-state index < -0.39 is 5.97 Å². The Morgan fingerprint density at radius 1 is 1.40 bits per heavy atom. The zero-order valence-corrected chi connectivity index (χ0v) is 13.4. The molecule has 0 saturated heterocycles. The molecule has 0 unspecified atom stereocenters. The van der Waals surface area contributed by atoms with Crippen molar-refractivity contribution in [1.82, 2.24) is 5.32 Å². The summed E-state index contributed by atoms with van der Waals surface area (Å²) in [5.41, 5.74) is 0.563. The minimum Gasteiger partial charge on any atom is -0.481 e. The van der Waals surface area contributed by atoms with Crippen LogP contribution in [0.5, 0.6) is 0 Å². The molecule has 0 fully saturated rings. The first-order valence-electron chi connectivity index (χ1n) is 6.04. The Morgan fingerprint density at radius 2 is 2.15 bits per heavy atom. The van der Waals surface area contributed by atoms with E-state index in [-0.39, 0.29) is 11.7 Å². The molecule has 0 aliphatic rings. The number of carbonyl (C=O) groups is 2. The fraction of sp³-hybridized carbons (Fsp3) is 0.385. The highest BCUT2D eigenvalue weighted by Crippen LogP contribution is 2.25. The first-order chi connectivity index (χ1) is 9.54. The number of carboxylic acids is 1. The average molecular weight is 334 g/mol. The largest absolute Gasteiger partial charge is 0.481 e. The zero-order valence-electron chi connectivity index (χ0n) is 11.0. The van der Waals surface area contributed by atoms with Crippen molar-refractivity contribution in [2.75, 3.05) is 23.8 Å². The number of aliphatic carboxylic acids is 1. The highest BCUT2D eigenvalue weighted by atomic mass is 35.5. The molecule has 0 atom stereocenters. The summed E-state index contributed by atoms with van der Waals surface area (Å²) in [6, 6.07) is 5.25. The molecule has 0 aliphatic carbocycles. The number of hydrogen-bond acceptors (Lipinski definition) is 4. The van der Waals surface area contributed by atoms with Crippen molar-refractivity contribution < 1.29 is 14.7 Å². The summed E-state index contributed by atoms with van der Waals surface area (Å²) < 4.78 is 0. The maximum atomic E-state index is 12.1. The minimum absolute atomic E-state index is 0.0456. The molecule has 0 heterocycles. The van der Waals surface area contributed by atoms with Crippen LogP contribution in [0.4, 0.5) is 0 Å². The van der Waals surface area contributed by atoms with Gasteiger partial charge in [-0.1, -0.05) is 18.5 Å². The second-order valence-corrected chi connectivity index (χ2v) is 6.62. The number of carboxylic acid groups (broad SMARTS) is 1. The maximum absolute atomic E-state index is 12.1. The summed E-state index contributed by atoms with van der Waals surface area (Å²) in [6.07, 6.45) is 0. The fourth-order valence-electron chi connectivity index (χ4n) is 1.45. The van der Waals surface area contributed by atoms with E-state index in [1.807, 2.05) is 13.0 Å². The first-order valence-corrected chi connectivity index (χ1v) is 8.56. The standard InChI is InChI=1S/C13H16ClNO3S2/c1-2-20-11-4-3-9(14)7-10(11)13(18)15-5-6-19-8-12(16)17/h3-4,7H,2,5-6,8H2,1H3,(H,15,18)(H,16,17). The highest BCUT2D eigenvalue weighted by Gasteiger charge is 2.11. The minimum atomic E-state index is -0.849. The van der Waals surface area contributed by atoms with E-state index in [0.717, 1.165) is 10.6 Å².